The molecule has 0 amide bonds. The number of fused-ring (bicyclic) bond motifs is 1. The number of nitrogens with zero attached hydrogens (tertiary/aromatic N) is 5. The highest BCUT2D eigenvalue weighted by Gasteiger charge is 2.15. The summed E-state index contributed by atoms with van der Waals surface area (Å²) < 4.78 is 12.7. The Hall–Kier alpha value is -3.72. The van der Waals surface area contributed by atoms with Gasteiger partial charge in [-0.3, -0.25) is 5.10 Å². The SMILES string of the molecule is COc1ccc(OCc2nnc3sc(-c4cc(-c5ccccc5)n[nH]4)nn23)cc1. The summed E-state index contributed by atoms with van der Waals surface area (Å²) in [6.07, 6.45) is 0. The highest BCUT2D eigenvalue weighted by molar-refractivity contribution is 7.19. The van der Waals surface area contributed by atoms with Gasteiger partial charge in [0.1, 0.15) is 18.1 Å². The highest BCUT2D eigenvalue weighted by atomic mass is 32.1. The number of aromatic amines is 1. The van der Waals surface area contributed by atoms with Gasteiger partial charge in [0.15, 0.2) is 10.8 Å². The number of rotatable bonds is 6. The van der Waals surface area contributed by atoms with E-state index < -0.39 is 0 Å². The van der Waals surface area contributed by atoms with Crippen molar-refractivity contribution in [1.29, 1.82) is 0 Å². The second-order valence-corrected chi connectivity index (χ2v) is 7.17. The van der Waals surface area contributed by atoms with E-state index in [1.54, 1.807) is 11.6 Å². The molecule has 2 aromatic carbocycles. The van der Waals surface area contributed by atoms with Gasteiger partial charge in [-0.15, -0.1) is 10.2 Å². The zero-order valence-corrected chi connectivity index (χ0v) is 16.3. The average molecular weight is 404 g/mol. The van der Waals surface area contributed by atoms with Crippen LogP contribution in [-0.4, -0.2) is 37.1 Å². The topological polar surface area (TPSA) is 90.2 Å². The van der Waals surface area contributed by atoms with Crippen LogP contribution in [0.4, 0.5) is 0 Å². The monoisotopic (exact) mass is 404 g/mol. The summed E-state index contributed by atoms with van der Waals surface area (Å²) in [6.45, 7) is 0.259. The molecule has 0 saturated heterocycles. The lowest BCUT2D eigenvalue weighted by molar-refractivity contribution is 0.292. The number of ether oxygens (including phenoxy) is 2. The predicted octanol–water partition coefficient (Wildman–Crippen LogP) is 3.83. The fraction of sp³-hybridized carbons (Fsp3) is 0.100. The van der Waals surface area contributed by atoms with Gasteiger partial charge in [0.05, 0.1) is 18.5 Å². The lowest BCUT2D eigenvalue weighted by Gasteiger charge is -2.05. The quantitative estimate of drug-likeness (QED) is 0.463. The second kappa shape index (κ2) is 7.36. The largest absolute Gasteiger partial charge is 0.497 e. The number of hydrogen-bond acceptors (Lipinski definition) is 7. The summed E-state index contributed by atoms with van der Waals surface area (Å²) in [5.74, 6) is 2.13. The Morgan fingerprint density at radius 3 is 2.59 bits per heavy atom. The lowest BCUT2D eigenvalue weighted by Crippen LogP contribution is -2.02. The molecule has 8 nitrogen and oxygen atoms in total. The van der Waals surface area contributed by atoms with Crippen LogP contribution >= 0.6 is 11.3 Å². The Balaban J connectivity index is 1.36. The molecule has 5 rings (SSSR count). The first-order chi connectivity index (χ1) is 14.3. The maximum Gasteiger partial charge on any atom is 0.235 e. The molecule has 0 radical (unpaired) electrons. The van der Waals surface area contributed by atoms with E-state index in [0.717, 1.165) is 33.5 Å². The van der Waals surface area contributed by atoms with Crippen molar-refractivity contribution in [2.75, 3.05) is 7.11 Å². The summed E-state index contributed by atoms with van der Waals surface area (Å²) in [5, 5.41) is 21.2. The summed E-state index contributed by atoms with van der Waals surface area (Å²) in [5.41, 5.74) is 2.75. The molecule has 29 heavy (non-hydrogen) atoms. The van der Waals surface area contributed by atoms with E-state index in [-0.39, 0.29) is 6.61 Å². The van der Waals surface area contributed by atoms with Crippen LogP contribution in [0.15, 0.2) is 60.7 Å². The highest BCUT2D eigenvalue weighted by Crippen LogP contribution is 2.27. The number of aromatic nitrogens is 6. The van der Waals surface area contributed by atoms with Gasteiger partial charge in [-0.2, -0.15) is 14.7 Å². The Labute approximate surface area is 169 Å². The van der Waals surface area contributed by atoms with Crippen molar-refractivity contribution in [1.82, 2.24) is 30.0 Å². The predicted molar refractivity (Wildman–Crippen MR) is 109 cm³/mol. The van der Waals surface area contributed by atoms with Gasteiger partial charge < -0.3 is 9.47 Å². The van der Waals surface area contributed by atoms with Gasteiger partial charge in [-0.1, -0.05) is 41.7 Å². The number of H-pyrrole nitrogens is 1. The smallest absolute Gasteiger partial charge is 0.235 e. The first kappa shape index (κ1) is 17.4. The zero-order valence-electron chi connectivity index (χ0n) is 15.4. The van der Waals surface area contributed by atoms with Gasteiger partial charge in [0.2, 0.25) is 4.96 Å². The van der Waals surface area contributed by atoms with E-state index in [4.69, 9.17) is 9.47 Å². The van der Waals surface area contributed by atoms with Crippen LogP contribution in [0.25, 0.3) is 26.9 Å². The van der Waals surface area contributed by atoms with Gasteiger partial charge in [-0.05, 0) is 30.3 Å². The van der Waals surface area contributed by atoms with E-state index >= 15 is 0 Å². The zero-order chi connectivity index (χ0) is 19.6. The summed E-state index contributed by atoms with van der Waals surface area (Å²) >= 11 is 1.44. The van der Waals surface area contributed by atoms with E-state index in [9.17, 15) is 0 Å². The lowest BCUT2D eigenvalue weighted by atomic mass is 10.1. The standard InChI is InChI=1S/C20H16N6O2S/c1-27-14-7-9-15(10-8-14)28-12-18-23-24-20-26(18)25-19(29-20)17-11-16(21-22-17)13-5-3-2-4-6-13/h2-11H,12H2,1H3,(H,21,22). The third kappa shape index (κ3) is 3.43. The molecule has 0 atom stereocenters. The van der Waals surface area contributed by atoms with Crippen LogP contribution in [0.5, 0.6) is 11.5 Å². The fourth-order valence-electron chi connectivity index (χ4n) is 2.86. The van der Waals surface area contributed by atoms with Crippen LogP contribution in [0.2, 0.25) is 0 Å². The molecular formula is C20H16N6O2S. The summed E-state index contributed by atoms with van der Waals surface area (Å²) in [6, 6.07) is 19.4. The number of nitrogens with one attached hydrogen (secondary N) is 1. The Bertz CT molecular complexity index is 1240. The van der Waals surface area contributed by atoms with E-state index in [2.05, 4.69) is 25.5 Å². The van der Waals surface area contributed by atoms with Crippen molar-refractivity contribution in [3.63, 3.8) is 0 Å². The minimum Gasteiger partial charge on any atom is -0.497 e. The molecule has 1 N–H and O–H groups in total. The van der Waals surface area contributed by atoms with Crippen LogP contribution < -0.4 is 9.47 Å². The molecule has 9 heteroatoms. The molecule has 0 spiro atoms. The summed E-state index contributed by atoms with van der Waals surface area (Å²) in [4.78, 5) is 0.698. The summed E-state index contributed by atoms with van der Waals surface area (Å²) in [7, 11) is 1.63. The Morgan fingerprint density at radius 2 is 1.79 bits per heavy atom. The van der Waals surface area contributed by atoms with Gasteiger partial charge in [0, 0.05) is 5.56 Å². The third-order valence-corrected chi connectivity index (χ3v) is 5.29. The van der Waals surface area contributed by atoms with Crippen molar-refractivity contribution < 1.29 is 9.47 Å². The average Bonchev–Trinajstić information content (AvgIpc) is 3.49. The van der Waals surface area contributed by atoms with Crippen LogP contribution in [0, 0.1) is 0 Å². The maximum atomic E-state index is 5.80. The van der Waals surface area contributed by atoms with Crippen molar-refractivity contribution in [2.45, 2.75) is 6.61 Å². The molecule has 0 fully saturated rings. The number of hydrogen-bond donors (Lipinski definition) is 1. The molecule has 0 unspecified atom stereocenters. The van der Waals surface area contributed by atoms with E-state index in [0.29, 0.717) is 10.8 Å². The van der Waals surface area contributed by atoms with Gasteiger partial charge in [-0.25, -0.2) is 0 Å². The van der Waals surface area contributed by atoms with Crippen molar-refractivity contribution in [2.24, 2.45) is 0 Å². The van der Waals surface area contributed by atoms with E-state index in [1.807, 2.05) is 60.7 Å². The molecule has 5 aromatic rings. The van der Waals surface area contributed by atoms with Crippen LogP contribution in [0.1, 0.15) is 5.82 Å². The molecule has 0 saturated carbocycles. The minimum atomic E-state index is 0.259. The Morgan fingerprint density at radius 1 is 1.00 bits per heavy atom. The number of benzene rings is 2. The van der Waals surface area contributed by atoms with Gasteiger partial charge in [0.25, 0.3) is 0 Å². The second-order valence-electron chi connectivity index (χ2n) is 6.21. The molecule has 3 aromatic heterocycles. The molecule has 0 aliphatic carbocycles. The van der Waals surface area contributed by atoms with Crippen molar-refractivity contribution in [3.05, 3.63) is 66.5 Å². The first-order valence-corrected chi connectivity index (χ1v) is 9.71. The third-order valence-electron chi connectivity index (χ3n) is 4.36. The van der Waals surface area contributed by atoms with Gasteiger partial charge >= 0.3 is 0 Å². The molecule has 144 valence electrons. The molecule has 0 bridgehead atoms. The normalized spacial score (nSPS) is 11.1. The molecule has 0 aliphatic heterocycles. The minimum absolute atomic E-state index is 0.259. The first-order valence-electron chi connectivity index (χ1n) is 8.89. The molecule has 0 aliphatic rings. The van der Waals surface area contributed by atoms with Crippen molar-refractivity contribution in [3.8, 4) is 33.5 Å². The maximum absolute atomic E-state index is 5.80. The van der Waals surface area contributed by atoms with Crippen LogP contribution in [-0.2, 0) is 6.61 Å². The van der Waals surface area contributed by atoms with Crippen molar-refractivity contribution >= 4 is 16.3 Å². The molecular weight excluding hydrogens is 388 g/mol. The Kier molecular flexibility index (Phi) is 4.41. The fourth-order valence-corrected chi connectivity index (χ4v) is 3.69. The number of methoxy groups -OCH3 is 1. The molecule has 3 heterocycles. The van der Waals surface area contributed by atoms with E-state index in [1.165, 1.54) is 11.3 Å². The van der Waals surface area contributed by atoms with Crippen LogP contribution in [0.3, 0.4) is 0 Å².